The lowest BCUT2D eigenvalue weighted by Gasteiger charge is -2.11. The molecule has 0 radical (unpaired) electrons. The van der Waals surface area contributed by atoms with Gasteiger partial charge in [-0.2, -0.15) is 5.10 Å². The maximum atomic E-state index is 12.7. The van der Waals surface area contributed by atoms with Crippen LogP contribution in [-0.2, 0) is 0 Å². The van der Waals surface area contributed by atoms with E-state index in [1.54, 1.807) is 42.5 Å². The smallest absolute Gasteiger partial charge is 0.345 e. The van der Waals surface area contributed by atoms with E-state index in [2.05, 4.69) is 10.5 Å². The molecule has 6 heteroatoms. The van der Waals surface area contributed by atoms with Crippen LogP contribution in [0.4, 0.5) is 0 Å². The summed E-state index contributed by atoms with van der Waals surface area (Å²) in [6, 6.07) is 25.0. The fourth-order valence-electron chi connectivity index (χ4n) is 3.20. The Morgan fingerprint density at radius 3 is 2.41 bits per heavy atom. The number of ether oxygens (including phenoxy) is 1. The number of benzene rings is 4. The molecule has 0 spiro atoms. The van der Waals surface area contributed by atoms with Crippen LogP contribution in [0, 0.1) is 6.92 Å². The molecule has 0 atom stereocenters. The van der Waals surface area contributed by atoms with Gasteiger partial charge >= 0.3 is 5.97 Å². The van der Waals surface area contributed by atoms with Gasteiger partial charge in [-0.1, -0.05) is 71.8 Å². The Labute approximate surface area is 190 Å². The second-order valence-corrected chi connectivity index (χ2v) is 7.54. The van der Waals surface area contributed by atoms with E-state index in [0.29, 0.717) is 21.9 Å². The summed E-state index contributed by atoms with van der Waals surface area (Å²) in [5, 5.41) is 6.18. The number of halogens is 1. The topological polar surface area (TPSA) is 67.8 Å². The molecule has 4 rings (SSSR count). The highest BCUT2D eigenvalue weighted by molar-refractivity contribution is 6.33. The highest BCUT2D eigenvalue weighted by Crippen LogP contribution is 2.28. The normalized spacial score (nSPS) is 10.9. The standard InChI is InChI=1S/C26H19ClN2O3/c1-17-10-12-19(13-11-17)25(30)29-28-16-22-20-7-3-2-6-18(20)14-15-24(22)32-26(31)21-8-4-5-9-23(21)27/h2-16H,1H3,(H,29,30). The van der Waals surface area contributed by atoms with Crippen LogP contribution >= 0.6 is 11.6 Å². The van der Waals surface area contributed by atoms with Crippen molar-refractivity contribution in [2.24, 2.45) is 5.10 Å². The van der Waals surface area contributed by atoms with Crippen LogP contribution in [0.3, 0.4) is 0 Å². The predicted octanol–water partition coefficient (Wildman–Crippen LogP) is 5.78. The largest absolute Gasteiger partial charge is 0.422 e. The summed E-state index contributed by atoms with van der Waals surface area (Å²) in [4.78, 5) is 25.1. The van der Waals surface area contributed by atoms with E-state index in [9.17, 15) is 9.59 Å². The Morgan fingerprint density at radius 1 is 0.906 bits per heavy atom. The third kappa shape index (κ3) is 4.68. The molecular formula is C26H19ClN2O3. The molecule has 0 aliphatic rings. The van der Waals surface area contributed by atoms with E-state index in [4.69, 9.17) is 16.3 Å². The number of carbonyl (C=O) groups is 2. The van der Waals surface area contributed by atoms with Crippen molar-refractivity contribution in [3.63, 3.8) is 0 Å². The number of esters is 1. The van der Waals surface area contributed by atoms with Gasteiger partial charge in [-0.15, -0.1) is 0 Å². The van der Waals surface area contributed by atoms with Crippen molar-refractivity contribution < 1.29 is 14.3 Å². The average molecular weight is 443 g/mol. The molecule has 32 heavy (non-hydrogen) atoms. The summed E-state index contributed by atoms with van der Waals surface area (Å²) in [6.45, 7) is 1.95. The molecule has 0 bridgehead atoms. The van der Waals surface area contributed by atoms with E-state index in [1.807, 2.05) is 49.4 Å². The summed E-state index contributed by atoms with van der Waals surface area (Å²) in [5.74, 6) is -0.609. The van der Waals surface area contributed by atoms with Crippen molar-refractivity contribution in [1.82, 2.24) is 5.43 Å². The molecule has 0 aromatic heterocycles. The van der Waals surface area contributed by atoms with Gasteiger partial charge in [-0.3, -0.25) is 4.79 Å². The summed E-state index contributed by atoms with van der Waals surface area (Å²) in [7, 11) is 0. The zero-order valence-corrected chi connectivity index (χ0v) is 18.0. The number of hydrogen-bond donors (Lipinski definition) is 1. The highest BCUT2D eigenvalue weighted by Gasteiger charge is 2.16. The van der Waals surface area contributed by atoms with E-state index in [1.165, 1.54) is 6.21 Å². The first kappa shape index (κ1) is 21.3. The molecule has 1 amide bonds. The Hall–Kier alpha value is -3.96. The van der Waals surface area contributed by atoms with E-state index in [-0.39, 0.29) is 11.5 Å². The number of amides is 1. The number of nitrogens with one attached hydrogen (secondary N) is 1. The second kappa shape index (κ2) is 9.45. The number of aryl methyl sites for hydroxylation is 1. The summed E-state index contributed by atoms with van der Waals surface area (Å²) >= 11 is 6.13. The molecule has 1 N–H and O–H groups in total. The first-order valence-electron chi connectivity index (χ1n) is 9.91. The molecule has 0 unspecified atom stereocenters. The summed E-state index contributed by atoms with van der Waals surface area (Å²) < 4.78 is 5.65. The van der Waals surface area contributed by atoms with Crippen LogP contribution in [0.1, 0.15) is 31.8 Å². The molecule has 0 saturated carbocycles. The van der Waals surface area contributed by atoms with Gasteiger partial charge in [0.05, 0.1) is 16.8 Å². The van der Waals surface area contributed by atoms with Gasteiger partial charge in [0, 0.05) is 11.1 Å². The predicted molar refractivity (Wildman–Crippen MR) is 127 cm³/mol. The van der Waals surface area contributed by atoms with Gasteiger partial charge in [0.1, 0.15) is 5.75 Å². The summed E-state index contributed by atoms with van der Waals surface area (Å²) in [5.41, 5.74) is 4.90. The zero-order valence-electron chi connectivity index (χ0n) is 17.2. The van der Waals surface area contributed by atoms with Crippen molar-refractivity contribution in [3.05, 3.63) is 112 Å². The number of carbonyl (C=O) groups excluding carboxylic acids is 2. The first-order valence-corrected chi connectivity index (χ1v) is 10.3. The van der Waals surface area contributed by atoms with Crippen molar-refractivity contribution in [1.29, 1.82) is 0 Å². The highest BCUT2D eigenvalue weighted by atomic mass is 35.5. The monoisotopic (exact) mass is 442 g/mol. The van der Waals surface area contributed by atoms with Crippen LogP contribution in [0.15, 0.2) is 90.0 Å². The van der Waals surface area contributed by atoms with Gasteiger partial charge in [-0.25, -0.2) is 10.2 Å². The third-order valence-corrected chi connectivity index (χ3v) is 5.23. The van der Waals surface area contributed by atoms with Crippen LogP contribution < -0.4 is 10.2 Å². The molecule has 0 heterocycles. The first-order chi connectivity index (χ1) is 15.5. The van der Waals surface area contributed by atoms with Crippen LogP contribution in [0.2, 0.25) is 5.02 Å². The molecule has 5 nitrogen and oxygen atoms in total. The van der Waals surface area contributed by atoms with Crippen molar-refractivity contribution in [2.45, 2.75) is 6.92 Å². The van der Waals surface area contributed by atoms with Crippen molar-refractivity contribution >= 4 is 40.5 Å². The van der Waals surface area contributed by atoms with E-state index < -0.39 is 5.97 Å². The second-order valence-electron chi connectivity index (χ2n) is 7.13. The number of nitrogens with zero attached hydrogens (tertiary/aromatic N) is 1. The zero-order chi connectivity index (χ0) is 22.5. The average Bonchev–Trinajstić information content (AvgIpc) is 2.80. The molecule has 4 aromatic carbocycles. The Bertz CT molecular complexity index is 1330. The minimum atomic E-state index is -0.579. The Kier molecular flexibility index (Phi) is 6.29. The Morgan fingerprint density at radius 2 is 1.62 bits per heavy atom. The quantitative estimate of drug-likeness (QED) is 0.184. The maximum Gasteiger partial charge on any atom is 0.345 e. The van der Waals surface area contributed by atoms with Crippen LogP contribution in [-0.4, -0.2) is 18.1 Å². The molecule has 0 aliphatic carbocycles. The number of rotatable bonds is 5. The number of hydrazone groups is 1. The van der Waals surface area contributed by atoms with Gasteiger partial charge in [0.15, 0.2) is 0 Å². The van der Waals surface area contributed by atoms with E-state index in [0.717, 1.165) is 16.3 Å². The minimum Gasteiger partial charge on any atom is -0.422 e. The SMILES string of the molecule is Cc1ccc(C(=O)NN=Cc2c(OC(=O)c3ccccc3Cl)ccc3ccccc23)cc1. The van der Waals surface area contributed by atoms with Gasteiger partial charge in [-0.05, 0) is 48.0 Å². The number of hydrogen-bond acceptors (Lipinski definition) is 4. The fourth-order valence-corrected chi connectivity index (χ4v) is 3.42. The third-order valence-electron chi connectivity index (χ3n) is 4.90. The lowest BCUT2D eigenvalue weighted by molar-refractivity contribution is 0.0734. The molecule has 0 fully saturated rings. The minimum absolute atomic E-state index is 0.262. The maximum absolute atomic E-state index is 12.7. The lowest BCUT2D eigenvalue weighted by Crippen LogP contribution is -2.17. The molecule has 158 valence electrons. The molecule has 0 saturated heterocycles. The van der Waals surface area contributed by atoms with Gasteiger partial charge in [0.25, 0.3) is 5.91 Å². The van der Waals surface area contributed by atoms with Crippen molar-refractivity contribution in [3.8, 4) is 5.75 Å². The molecular weight excluding hydrogens is 424 g/mol. The van der Waals surface area contributed by atoms with Crippen LogP contribution in [0.5, 0.6) is 5.75 Å². The van der Waals surface area contributed by atoms with Crippen LogP contribution in [0.25, 0.3) is 10.8 Å². The lowest BCUT2D eigenvalue weighted by atomic mass is 10.0. The van der Waals surface area contributed by atoms with E-state index >= 15 is 0 Å². The van der Waals surface area contributed by atoms with Gasteiger partial charge in [0.2, 0.25) is 0 Å². The fraction of sp³-hybridized carbons (Fsp3) is 0.0385. The Balaban J connectivity index is 1.63. The molecule has 0 aliphatic heterocycles. The van der Waals surface area contributed by atoms with Gasteiger partial charge < -0.3 is 4.74 Å². The summed E-state index contributed by atoms with van der Waals surface area (Å²) in [6.07, 6.45) is 1.48. The van der Waals surface area contributed by atoms with Crippen molar-refractivity contribution in [2.75, 3.05) is 0 Å². The number of fused-ring (bicyclic) bond motifs is 1. The molecule has 4 aromatic rings.